The molecule has 27 heavy (non-hydrogen) atoms. The third kappa shape index (κ3) is 5.23. The molecule has 0 radical (unpaired) electrons. The van der Waals surface area contributed by atoms with Crippen LogP contribution in [-0.2, 0) is 21.2 Å². The third-order valence-electron chi connectivity index (χ3n) is 4.09. The standard InChI is InChI=1S/C20H26N2O4S/c1-6-26-20-14(2)11-18(12-15(20)3)27(24,25)21-17-9-7-16(8-10-17)13-19(23)22(4)5/h7-12,21H,6,13H2,1-5H3. The number of sulfonamides is 1. The molecule has 0 aliphatic carbocycles. The Bertz CT molecular complexity index is 896. The van der Waals surface area contributed by atoms with Crippen LogP contribution in [0.2, 0.25) is 0 Å². The average molecular weight is 391 g/mol. The summed E-state index contributed by atoms with van der Waals surface area (Å²) in [5.74, 6) is 0.704. The number of nitrogens with one attached hydrogen (secondary N) is 1. The van der Waals surface area contributed by atoms with Gasteiger partial charge in [-0.2, -0.15) is 0 Å². The first kappa shape index (κ1) is 20.8. The fraction of sp³-hybridized carbons (Fsp3) is 0.350. The van der Waals surface area contributed by atoms with Gasteiger partial charge < -0.3 is 9.64 Å². The summed E-state index contributed by atoms with van der Waals surface area (Å²) >= 11 is 0. The fourth-order valence-corrected chi connectivity index (χ4v) is 3.90. The van der Waals surface area contributed by atoms with Crippen LogP contribution in [0.25, 0.3) is 0 Å². The zero-order valence-electron chi connectivity index (χ0n) is 16.4. The molecular weight excluding hydrogens is 364 g/mol. The number of amides is 1. The average Bonchev–Trinajstić information content (AvgIpc) is 2.59. The Balaban J connectivity index is 2.20. The second kappa shape index (κ2) is 8.43. The monoisotopic (exact) mass is 390 g/mol. The number of hydrogen-bond donors (Lipinski definition) is 1. The number of hydrogen-bond acceptors (Lipinski definition) is 4. The van der Waals surface area contributed by atoms with Gasteiger partial charge in [-0.15, -0.1) is 0 Å². The van der Waals surface area contributed by atoms with Crippen LogP contribution in [0.15, 0.2) is 41.3 Å². The van der Waals surface area contributed by atoms with Crippen molar-refractivity contribution in [2.75, 3.05) is 25.4 Å². The van der Waals surface area contributed by atoms with E-state index in [0.29, 0.717) is 18.0 Å². The van der Waals surface area contributed by atoms with E-state index >= 15 is 0 Å². The molecule has 7 heteroatoms. The fourth-order valence-electron chi connectivity index (χ4n) is 2.68. The minimum Gasteiger partial charge on any atom is -0.493 e. The first-order valence-corrected chi connectivity index (χ1v) is 10.2. The van der Waals surface area contributed by atoms with Crippen LogP contribution in [-0.4, -0.2) is 39.9 Å². The minimum atomic E-state index is -3.72. The van der Waals surface area contributed by atoms with Crippen LogP contribution in [0.4, 0.5) is 5.69 Å². The van der Waals surface area contributed by atoms with Crippen molar-refractivity contribution >= 4 is 21.6 Å². The molecule has 0 bridgehead atoms. The molecule has 0 atom stereocenters. The van der Waals surface area contributed by atoms with E-state index in [0.717, 1.165) is 16.7 Å². The van der Waals surface area contributed by atoms with Gasteiger partial charge in [0.1, 0.15) is 5.75 Å². The number of anilines is 1. The van der Waals surface area contributed by atoms with Crippen molar-refractivity contribution in [3.63, 3.8) is 0 Å². The Morgan fingerprint density at radius 3 is 2.11 bits per heavy atom. The van der Waals surface area contributed by atoms with E-state index in [-0.39, 0.29) is 17.2 Å². The molecule has 1 N–H and O–H groups in total. The van der Waals surface area contributed by atoms with Gasteiger partial charge in [0.2, 0.25) is 5.91 Å². The van der Waals surface area contributed by atoms with Gasteiger partial charge in [0.25, 0.3) is 10.0 Å². The quantitative estimate of drug-likeness (QED) is 0.788. The summed E-state index contributed by atoms with van der Waals surface area (Å²) in [6.07, 6.45) is 0.275. The highest BCUT2D eigenvalue weighted by atomic mass is 32.2. The zero-order valence-corrected chi connectivity index (χ0v) is 17.2. The van der Waals surface area contributed by atoms with Crippen LogP contribution in [0.3, 0.4) is 0 Å². The molecule has 0 fully saturated rings. The summed E-state index contributed by atoms with van der Waals surface area (Å²) in [5.41, 5.74) is 2.81. The second-order valence-electron chi connectivity index (χ2n) is 6.59. The first-order chi connectivity index (χ1) is 12.6. The van der Waals surface area contributed by atoms with Crippen molar-refractivity contribution in [1.82, 2.24) is 4.90 Å². The molecule has 0 heterocycles. The Hall–Kier alpha value is -2.54. The van der Waals surface area contributed by atoms with Crippen molar-refractivity contribution in [3.05, 3.63) is 53.1 Å². The Kier molecular flexibility index (Phi) is 6.49. The summed E-state index contributed by atoms with van der Waals surface area (Å²) < 4.78 is 33.6. The molecule has 0 unspecified atom stereocenters. The number of aryl methyl sites for hydroxylation is 2. The number of likely N-dealkylation sites (N-methyl/N-ethyl adjacent to an activating group) is 1. The molecule has 0 aliphatic rings. The predicted octanol–water partition coefficient (Wildman–Crippen LogP) is 3.13. The molecule has 146 valence electrons. The summed E-state index contributed by atoms with van der Waals surface area (Å²) in [5, 5.41) is 0. The Labute approximate surface area is 161 Å². The van der Waals surface area contributed by atoms with Gasteiger partial charge >= 0.3 is 0 Å². The van der Waals surface area contributed by atoms with E-state index in [2.05, 4.69) is 4.72 Å². The topological polar surface area (TPSA) is 75.7 Å². The number of nitrogens with zero attached hydrogens (tertiary/aromatic N) is 1. The maximum absolute atomic E-state index is 12.7. The van der Waals surface area contributed by atoms with Gasteiger partial charge in [-0.05, 0) is 61.7 Å². The predicted molar refractivity (Wildman–Crippen MR) is 107 cm³/mol. The summed E-state index contributed by atoms with van der Waals surface area (Å²) in [7, 11) is -0.320. The number of carbonyl (C=O) groups excluding carboxylic acids is 1. The van der Waals surface area contributed by atoms with E-state index in [4.69, 9.17) is 4.74 Å². The maximum atomic E-state index is 12.7. The number of benzene rings is 2. The lowest BCUT2D eigenvalue weighted by atomic mass is 10.1. The summed E-state index contributed by atoms with van der Waals surface area (Å²) in [6.45, 7) is 6.07. The van der Waals surface area contributed by atoms with Crippen molar-refractivity contribution in [2.24, 2.45) is 0 Å². The molecule has 2 aromatic carbocycles. The van der Waals surface area contributed by atoms with Crippen LogP contribution >= 0.6 is 0 Å². The highest BCUT2D eigenvalue weighted by Crippen LogP contribution is 2.28. The van der Waals surface area contributed by atoms with Crippen molar-refractivity contribution in [2.45, 2.75) is 32.1 Å². The van der Waals surface area contributed by atoms with Gasteiger partial charge in [0.15, 0.2) is 0 Å². The van der Waals surface area contributed by atoms with Gasteiger partial charge in [0.05, 0.1) is 17.9 Å². The van der Waals surface area contributed by atoms with E-state index in [9.17, 15) is 13.2 Å². The van der Waals surface area contributed by atoms with E-state index in [1.165, 1.54) is 4.90 Å². The van der Waals surface area contributed by atoms with Crippen LogP contribution in [0.5, 0.6) is 5.75 Å². The van der Waals surface area contributed by atoms with Gasteiger partial charge in [-0.3, -0.25) is 9.52 Å². The maximum Gasteiger partial charge on any atom is 0.261 e. The molecular formula is C20H26N2O4S. The lowest BCUT2D eigenvalue weighted by molar-refractivity contribution is -0.127. The second-order valence-corrected chi connectivity index (χ2v) is 8.27. The first-order valence-electron chi connectivity index (χ1n) is 8.70. The molecule has 0 aliphatic heterocycles. The third-order valence-corrected chi connectivity index (χ3v) is 5.45. The smallest absolute Gasteiger partial charge is 0.261 e. The highest BCUT2D eigenvalue weighted by Gasteiger charge is 2.18. The van der Waals surface area contributed by atoms with Gasteiger partial charge in [0, 0.05) is 19.8 Å². The van der Waals surface area contributed by atoms with Gasteiger partial charge in [-0.25, -0.2) is 8.42 Å². The lowest BCUT2D eigenvalue weighted by Gasteiger charge is -2.14. The van der Waals surface area contributed by atoms with Crippen LogP contribution < -0.4 is 9.46 Å². The zero-order chi connectivity index (χ0) is 20.2. The molecule has 1 amide bonds. The van der Waals surface area contributed by atoms with E-state index < -0.39 is 10.0 Å². The molecule has 0 spiro atoms. The van der Waals surface area contributed by atoms with Crippen LogP contribution in [0, 0.1) is 13.8 Å². The van der Waals surface area contributed by atoms with Crippen molar-refractivity contribution in [3.8, 4) is 5.75 Å². The summed E-state index contributed by atoms with van der Waals surface area (Å²) in [4.78, 5) is 13.5. The largest absolute Gasteiger partial charge is 0.493 e. The minimum absolute atomic E-state index is 0.0105. The summed E-state index contributed by atoms with van der Waals surface area (Å²) in [6, 6.07) is 10.0. The van der Waals surface area contributed by atoms with E-state index in [1.54, 1.807) is 50.5 Å². The van der Waals surface area contributed by atoms with Crippen LogP contribution in [0.1, 0.15) is 23.6 Å². The number of carbonyl (C=O) groups is 1. The van der Waals surface area contributed by atoms with Crippen molar-refractivity contribution in [1.29, 1.82) is 0 Å². The highest BCUT2D eigenvalue weighted by molar-refractivity contribution is 7.92. The van der Waals surface area contributed by atoms with E-state index in [1.807, 2.05) is 20.8 Å². The number of rotatable bonds is 7. The normalized spacial score (nSPS) is 11.1. The lowest BCUT2D eigenvalue weighted by Crippen LogP contribution is -2.23. The molecule has 2 aromatic rings. The molecule has 0 saturated heterocycles. The Morgan fingerprint density at radius 2 is 1.63 bits per heavy atom. The number of ether oxygens (including phenoxy) is 1. The molecule has 2 rings (SSSR count). The van der Waals surface area contributed by atoms with Gasteiger partial charge in [-0.1, -0.05) is 12.1 Å². The molecule has 6 nitrogen and oxygen atoms in total. The molecule has 0 aromatic heterocycles. The Morgan fingerprint density at radius 1 is 1.07 bits per heavy atom. The SMILES string of the molecule is CCOc1c(C)cc(S(=O)(=O)Nc2ccc(CC(=O)N(C)C)cc2)cc1C. The molecule has 0 saturated carbocycles. The van der Waals surface area contributed by atoms with Crippen molar-refractivity contribution < 1.29 is 17.9 Å².